The lowest BCUT2D eigenvalue weighted by molar-refractivity contribution is -0.151. The third-order valence-electron chi connectivity index (χ3n) is 5.50. The number of carbonyl (C=O) groups excluding carboxylic acids is 4. The Labute approximate surface area is 222 Å². The Morgan fingerprint density at radius 3 is 1.86 bits per heavy atom. The lowest BCUT2D eigenvalue weighted by Gasteiger charge is -2.26. The molecule has 0 saturated heterocycles. The van der Waals surface area contributed by atoms with Crippen LogP contribution >= 0.6 is 46.4 Å². The first-order valence-corrected chi connectivity index (χ1v) is 12.1. The van der Waals surface area contributed by atoms with Crippen molar-refractivity contribution >= 4 is 75.8 Å². The number of hydrogen-bond donors (Lipinski definition) is 1. The highest BCUT2D eigenvalue weighted by atomic mass is 35.5. The summed E-state index contributed by atoms with van der Waals surface area (Å²) in [6.45, 7) is 6.68. The number of nitrogens with one attached hydrogen (secondary N) is 1. The van der Waals surface area contributed by atoms with Gasteiger partial charge in [0, 0.05) is 5.69 Å². The van der Waals surface area contributed by atoms with Gasteiger partial charge in [-0.2, -0.15) is 0 Å². The second-order valence-electron chi connectivity index (χ2n) is 8.55. The summed E-state index contributed by atoms with van der Waals surface area (Å²) in [4.78, 5) is 52.6. The standard InChI is InChI=1S/C24H22Cl4N2O5/c1-10(2)8-13(24(34)35-9-14(31)29-21-11(3)6-5-7-12(21)4)30-22(32)15-16(23(30)33)18(26)20(28)19(27)17(15)25/h5-7,10,13H,8-9H2,1-4H3,(H,29,31)/t13-/m0/s1. The first kappa shape index (κ1) is 27.3. The molecule has 186 valence electrons. The van der Waals surface area contributed by atoms with Crippen LogP contribution in [0.4, 0.5) is 5.69 Å². The molecule has 3 rings (SSSR count). The number of amides is 3. The minimum atomic E-state index is -1.32. The maximum absolute atomic E-state index is 13.2. The third kappa shape index (κ3) is 5.28. The number of fused-ring (bicyclic) bond motifs is 1. The van der Waals surface area contributed by atoms with Crippen molar-refractivity contribution in [3.05, 3.63) is 60.5 Å². The maximum atomic E-state index is 13.2. The molecule has 0 aliphatic carbocycles. The molecule has 7 nitrogen and oxygen atoms in total. The SMILES string of the molecule is Cc1cccc(C)c1NC(=O)COC(=O)[C@H](CC(C)C)N1C(=O)c2c(Cl)c(Cl)c(Cl)c(Cl)c2C1=O. The molecule has 0 spiro atoms. The van der Waals surface area contributed by atoms with Gasteiger partial charge < -0.3 is 10.1 Å². The topological polar surface area (TPSA) is 92.8 Å². The molecule has 1 heterocycles. The number of imide groups is 1. The molecule has 0 radical (unpaired) electrons. The summed E-state index contributed by atoms with van der Waals surface area (Å²) in [5.41, 5.74) is 1.85. The van der Waals surface area contributed by atoms with Crippen LogP contribution in [0.2, 0.25) is 20.1 Å². The normalized spacial score (nSPS) is 13.8. The molecular formula is C24H22Cl4N2O5. The van der Waals surface area contributed by atoms with Crippen molar-refractivity contribution in [1.82, 2.24) is 4.90 Å². The van der Waals surface area contributed by atoms with Crippen molar-refractivity contribution in [3.8, 4) is 0 Å². The number of aryl methyl sites for hydroxylation is 2. The molecule has 3 amide bonds. The van der Waals surface area contributed by atoms with E-state index < -0.39 is 36.3 Å². The van der Waals surface area contributed by atoms with Crippen LogP contribution < -0.4 is 5.32 Å². The number of carbonyl (C=O) groups is 4. The summed E-state index contributed by atoms with van der Waals surface area (Å²) in [5, 5.41) is 1.90. The molecule has 0 unspecified atom stereocenters. The molecule has 2 aromatic carbocycles. The Morgan fingerprint density at radius 1 is 0.914 bits per heavy atom. The van der Waals surface area contributed by atoms with Gasteiger partial charge in [-0.25, -0.2) is 4.79 Å². The van der Waals surface area contributed by atoms with Crippen molar-refractivity contribution in [1.29, 1.82) is 0 Å². The summed E-state index contributed by atoms with van der Waals surface area (Å²) in [5.74, 6) is -3.30. The molecule has 2 aromatic rings. The van der Waals surface area contributed by atoms with E-state index in [9.17, 15) is 19.2 Å². The molecule has 1 aliphatic rings. The van der Waals surface area contributed by atoms with Crippen LogP contribution in [0.5, 0.6) is 0 Å². The number of para-hydroxylation sites is 1. The van der Waals surface area contributed by atoms with Gasteiger partial charge in [-0.1, -0.05) is 78.5 Å². The Kier molecular flexibility index (Phi) is 8.37. The summed E-state index contributed by atoms with van der Waals surface area (Å²) in [6.07, 6.45) is 0.0829. The van der Waals surface area contributed by atoms with Crippen LogP contribution in [0.15, 0.2) is 18.2 Å². The first-order chi connectivity index (χ1) is 16.4. The Bertz CT molecular complexity index is 1180. The van der Waals surface area contributed by atoms with Gasteiger partial charge in [-0.3, -0.25) is 19.3 Å². The summed E-state index contributed by atoms with van der Waals surface area (Å²) in [7, 11) is 0. The van der Waals surface area contributed by atoms with Crippen LogP contribution in [-0.2, 0) is 14.3 Å². The van der Waals surface area contributed by atoms with Crippen LogP contribution in [0, 0.1) is 19.8 Å². The van der Waals surface area contributed by atoms with E-state index in [1.54, 1.807) is 13.8 Å². The largest absolute Gasteiger partial charge is 0.454 e. The quantitative estimate of drug-likeness (QED) is 0.191. The van der Waals surface area contributed by atoms with Gasteiger partial charge in [0.15, 0.2) is 6.61 Å². The van der Waals surface area contributed by atoms with Crippen LogP contribution in [0.3, 0.4) is 0 Å². The Hall–Kier alpha value is -2.32. The zero-order valence-electron chi connectivity index (χ0n) is 19.3. The van der Waals surface area contributed by atoms with E-state index in [1.165, 1.54) is 0 Å². The molecule has 1 N–H and O–H groups in total. The second-order valence-corrected chi connectivity index (χ2v) is 10.1. The average Bonchev–Trinajstić information content (AvgIpc) is 3.05. The van der Waals surface area contributed by atoms with E-state index in [2.05, 4.69) is 5.32 Å². The van der Waals surface area contributed by atoms with Gasteiger partial charge in [-0.05, 0) is 37.3 Å². The molecular weight excluding hydrogens is 538 g/mol. The van der Waals surface area contributed by atoms with E-state index in [0.29, 0.717) is 5.69 Å². The van der Waals surface area contributed by atoms with Crippen molar-refractivity contribution in [2.75, 3.05) is 11.9 Å². The fourth-order valence-corrected chi connectivity index (χ4v) is 4.84. The highest BCUT2D eigenvalue weighted by Crippen LogP contribution is 2.45. The lowest BCUT2D eigenvalue weighted by Crippen LogP contribution is -2.47. The van der Waals surface area contributed by atoms with E-state index in [0.717, 1.165) is 16.0 Å². The monoisotopic (exact) mass is 558 g/mol. The number of nitrogens with zero attached hydrogens (tertiary/aromatic N) is 1. The fraction of sp³-hybridized carbons (Fsp3) is 0.333. The summed E-state index contributed by atoms with van der Waals surface area (Å²) >= 11 is 24.5. The highest BCUT2D eigenvalue weighted by molar-refractivity contribution is 6.55. The van der Waals surface area contributed by atoms with Crippen molar-refractivity contribution < 1.29 is 23.9 Å². The van der Waals surface area contributed by atoms with Gasteiger partial charge in [-0.15, -0.1) is 0 Å². The van der Waals surface area contributed by atoms with Crippen molar-refractivity contribution in [2.45, 2.75) is 40.2 Å². The fourth-order valence-electron chi connectivity index (χ4n) is 3.82. The molecule has 0 aromatic heterocycles. The molecule has 1 aliphatic heterocycles. The van der Waals surface area contributed by atoms with Crippen LogP contribution in [-0.4, -0.2) is 41.2 Å². The molecule has 0 fully saturated rings. The minimum absolute atomic E-state index is 0.0829. The van der Waals surface area contributed by atoms with E-state index in [-0.39, 0.29) is 43.6 Å². The zero-order chi connectivity index (χ0) is 26.2. The lowest BCUT2D eigenvalue weighted by atomic mass is 10.0. The van der Waals surface area contributed by atoms with Gasteiger partial charge in [0.05, 0.1) is 31.2 Å². The number of halogens is 4. The number of benzene rings is 2. The Morgan fingerprint density at radius 2 is 1.40 bits per heavy atom. The van der Waals surface area contributed by atoms with E-state index >= 15 is 0 Å². The number of rotatable bonds is 7. The number of ether oxygens (including phenoxy) is 1. The molecule has 11 heteroatoms. The average molecular weight is 560 g/mol. The minimum Gasteiger partial charge on any atom is -0.454 e. The van der Waals surface area contributed by atoms with Gasteiger partial charge in [0.1, 0.15) is 6.04 Å². The summed E-state index contributed by atoms with van der Waals surface area (Å²) < 4.78 is 5.22. The van der Waals surface area contributed by atoms with Gasteiger partial charge in [0.2, 0.25) is 0 Å². The second kappa shape index (κ2) is 10.7. The number of anilines is 1. The zero-order valence-corrected chi connectivity index (χ0v) is 22.3. The molecule has 0 bridgehead atoms. The van der Waals surface area contributed by atoms with Gasteiger partial charge in [0.25, 0.3) is 17.7 Å². The van der Waals surface area contributed by atoms with Gasteiger partial charge >= 0.3 is 5.97 Å². The Balaban J connectivity index is 1.84. The van der Waals surface area contributed by atoms with E-state index in [1.807, 2.05) is 32.0 Å². The maximum Gasteiger partial charge on any atom is 0.329 e. The first-order valence-electron chi connectivity index (χ1n) is 10.6. The third-order valence-corrected chi connectivity index (χ3v) is 7.30. The van der Waals surface area contributed by atoms with Crippen LogP contribution in [0.25, 0.3) is 0 Å². The smallest absolute Gasteiger partial charge is 0.329 e. The predicted molar refractivity (Wildman–Crippen MR) is 136 cm³/mol. The highest BCUT2D eigenvalue weighted by Gasteiger charge is 2.47. The predicted octanol–water partition coefficient (Wildman–Crippen LogP) is 6.11. The molecule has 35 heavy (non-hydrogen) atoms. The van der Waals surface area contributed by atoms with Crippen LogP contribution in [0.1, 0.15) is 52.1 Å². The van der Waals surface area contributed by atoms with E-state index in [4.69, 9.17) is 51.1 Å². The molecule has 0 saturated carbocycles. The number of hydrogen-bond acceptors (Lipinski definition) is 5. The molecule has 1 atom stereocenters. The number of esters is 1. The van der Waals surface area contributed by atoms with Crippen molar-refractivity contribution in [3.63, 3.8) is 0 Å². The van der Waals surface area contributed by atoms with Crippen molar-refractivity contribution in [2.24, 2.45) is 5.92 Å². The summed E-state index contributed by atoms with van der Waals surface area (Å²) in [6, 6.07) is 4.21.